The number of hydrogen-bond donors (Lipinski definition) is 2. The maximum Gasteiger partial charge on any atom is 0.221 e. The summed E-state index contributed by atoms with van der Waals surface area (Å²) in [6, 6.07) is 8.14. The third-order valence-corrected chi connectivity index (χ3v) is 3.25. The average Bonchev–Trinajstić information content (AvgIpc) is 2.31. The van der Waals surface area contributed by atoms with E-state index in [4.69, 9.17) is 0 Å². The summed E-state index contributed by atoms with van der Waals surface area (Å²) >= 11 is 3.45. The smallest absolute Gasteiger partial charge is 0.221 e. The van der Waals surface area contributed by atoms with Crippen molar-refractivity contribution >= 4 is 27.5 Å². The van der Waals surface area contributed by atoms with Crippen molar-refractivity contribution in [1.29, 1.82) is 0 Å². The average molecular weight is 299 g/mol. The fourth-order valence-electron chi connectivity index (χ4n) is 1.36. The molecule has 0 aliphatic carbocycles. The van der Waals surface area contributed by atoms with E-state index in [0.717, 1.165) is 16.6 Å². The van der Waals surface area contributed by atoms with Crippen LogP contribution in [0.3, 0.4) is 0 Å². The normalized spacial score (nSPS) is 11.9. The minimum Gasteiger partial charge on any atom is -0.384 e. The Morgan fingerprint density at radius 3 is 2.76 bits per heavy atom. The molecule has 0 fully saturated rings. The number of para-hydroxylation sites is 1. The maximum absolute atomic E-state index is 11.5. The first kappa shape index (κ1) is 14.0. The van der Waals surface area contributed by atoms with E-state index in [2.05, 4.69) is 33.5 Å². The van der Waals surface area contributed by atoms with Crippen LogP contribution in [0.1, 0.15) is 26.7 Å². The molecule has 1 aromatic rings. The summed E-state index contributed by atoms with van der Waals surface area (Å²) in [6.07, 6.45) is 1.45. The van der Waals surface area contributed by atoms with Gasteiger partial charge in [0.05, 0.1) is 0 Å². The third-order valence-electron chi connectivity index (χ3n) is 2.56. The quantitative estimate of drug-likeness (QED) is 0.847. The number of nitrogens with one attached hydrogen (secondary N) is 2. The van der Waals surface area contributed by atoms with Crippen LogP contribution in [0, 0.1) is 0 Å². The van der Waals surface area contributed by atoms with Crippen LogP contribution in [0.2, 0.25) is 0 Å². The van der Waals surface area contributed by atoms with Crippen molar-refractivity contribution in [1.82, 2.24) is 5.32 Å². The largest absolute Gasteiger partial charge is 0.384 e. The van der Waals surface area contributed by atoms with Crippen LogP contribution in [0.15, 0.2) is 28.7 Å². The fraction of sp³-hybridized carbons (Fsp3) is 0.462. The van der Waals surface area contributed by atoms with Crippen molar-refractivity contribution in [2.75, 3.05) is 11.9 Å². The Balaban J connectivity index is 2.29. The Morgan fingerprint density at radius 2 is 2.12 bits per heavy atom. The van der Waals surface area contributed by atoms with Crippen molar-refractivity contribution < 1.29 is 4.79 Å². The first-order valence-electron chi connectivity index (χ1n) is 5.91. The zero-order valence-corrected chi connectivity index (χ0v) is 11.9. The van der Waals surface area contributed by atoms with Gasteiger partial charge >= 0.3 is 0 Å². The molecule has 0 aliphatic heterocycles. The summed E-state index contributed by atoms with van der Waals surface area (Å²) in [7, 11) is 0. The molecule has 17 heavy (non-hydrogen) atoms. The molecular formula is C13H19BrN2O. The van der Waals surface area contributed by atoms with E-state index in [1.807, 2.05) is 31.2 Å². The van der Waals surface area contributed by atoms with Crippen LogP contribution in [0.5, 0.6) is 0 Å². The van der Waals surface area contributed by atoms with Gasteiger partial charge in [0.2, 0.25) is 5.91 Å². The summed E-state index contributed by atoms with van der Waals surface area (Å²) < 4.78 is 1.02. The van der Waals surface area contributed by atoms with E-state index in [0.29, 0.717) is 13.0 Å². The summed E-state index contributed by atoms with van der Waals surface area (Å²) in [5, 5.41) is 6.17. The SMILES string of the molecule is CCC(C)NC(=O)CCNc1ccccc1Br. The van der Waals surface area contributed by atoms with Gasteiger partial charge in [-0.15, -0.1) is 0 Å². The zero-order valence-electron chi connectivity index (χ0n) is 10.3. The van der Waals surface area contributed by atoms with E-state index in [9.17, 15) is 4.79 Å². The predicted molar refractivity (Wildman–Crippen MR) is 75.1 cm³/mol. The van der Waals surface area contributed by atoms with Gasteiger partial charge in [0.25, 0.3) is 0 Å². The van der Waals surface area contributed by atoms with Gasteiger partial charge in [0, 0.05) is 29.2 Å². The molecule has 0 aliphatic rings. The molecule has 1 amide bonds. The topological polar surface area (TPSA) is 41.1 Å². The molecule has 0 bridgehead atoms. The second-order valence-corrected chi connectivity index (χ2v) is 4.89. The van der Waals surface area contributed by atoms with Crippen molar-refractivity contribution in [3.63, 3.8) is 0 Å². The summed E-state index contributed by atoms with van der Waals surface area (Å²) in [5.41, 5.74) is 1.02. The summed E-state index contributed by atoms with van der Waals surface area (Å²) in [5.74, 6) is 0.0962. The molecule has 2 N–H and O–H groups in total. The second kappa shape index (κ2) is 7.33. The second-order valence-electron chi connectivity index (χ2n) is 4.03. The van der Waals surface area contributed by atoms with Crippen LogP contribution >= 0.6 is 15.9 Å². The van der Waals surface area contributed by atoms with Gasteiger partial charge in [-0.25, -0.2) is 0 Å². The number of carbonyl (C=O) groups is 1. The molecule has 94 valence electrons. The van der Waals surface area contributed by atoms with Gasteiger partial charge in [-0.2, -0.15) is 0 Å². The molecule has 0 spiro atoms. The monoisotopic (exact) mass is 298 g/mol. The van der Waals surface area contributed by atoms with Gasteiger partial charge in [-0.1, -0.05) is 19.1 Å². The van der Waals surface area contributed by atoms with Gasteiger partial charge in [-0.3, -0.25) is 4.79 Å². The minimum absolute atomic E-state index is 0.0962. The highest BCUT2D eigenvalue weighted by atomic mass is 79.9. The Kier molecular flexibility index (Phi) is 6.05. The molecule has 4 heteroatoms. The van der Waals surface area contributed by atoms with Gasteiger partial charge in [0.15, 0.2) is 0 Å². The van der Waals surface area contributed by atoms with Gasteiger partial charge < -0.3 is 10.6 Å². The highest BCUT2D eigenvalue weighted by Gasteiger charge is 2.05. The molecule has 1 aromatic carbocycles. The maximum atomic E-state index is 11.5. The van der Waals surface area contributed by atoms with Crippen molar-refractivity contribution in [2.45, 2.75) is 32.7 Å². The molecule has 0 saturated heterocycles. The molecular weight excluding hydrogens is 280 g/mol. The number of anilines is 1. The van der Waals surface area contributed by atoms with Crippen LogP contribution < -0.4 is 10.6 Å². The van der Waals surface area contributed by atoms with Gasteiger partial charge in [-0.05, 0) is 41.4 Å². The van der Waals surface area contributed by atoms with E-state index < -0.39 is 0 Å². The van der Waals surface area contributed by atoms with Crippen molar-refractivity contribution in [3.05, 3.63) is 28.7 Å². The highest BCUT2D eigenvalue weighted by Crippen LogP contribution is 2.20. The fourth-order valence-corrected chi connectivity index (χ4v) is 1.79. The zero-order chi connectivity index (χ0) is 12.7. The lowest BCUT2D eigenvalue weighted by molar-refractivity contribution is -0.121. The molecule has 0 aromatic heterocycles. The lowest BCUT2D eigenvalue weighted by Crippen LogP contribution is -2.32. The molecule has 3 nitrogen and oxygen atoms in total. The molecule has 0 radical (unpaired) electrons. The standard InChI is InChI=1S/C13H19BrN2O/c1-3-10(2)16-13(17)8-9-15-12-7-5-4-6-11(12)14/h4-7,10,15H,3,8-9H2,1-2H3,(H,16,17). The van der Waals surface area contributed by atoms with Gasteiger partial charge in [0.1, 0.15) is 0 Å². The number of rotatable bonds is 6. The van der Waals surface area contributed by atoms with Crippen LogP contribution in [0.25, 0.3) is 0 Å². The first-order valence-corrected chi connectivity index (χ1v) is 6.70. The number of carbonyl (C=O) groups excluding carboxylic acids is 1. The Bertz CT molecular complexity index is 368. The Hall–Kier alpha value is -1.03. The third kappa shape index (κ3) is 5.22. The van der Waals surface area contributed by atoms with E-state index >= 15 is 0 Å². The molecule has 1 rings (SSSR count). The Morgan fingerprint density at radius 1 is 1.41 bits per heavy atom. The highest BCUT2D eigenvalue weighted by molar-refractivity contribution is 9.10. The molecule has 1 atom stereocenters. The number of halogens is 1. The van der Waals surface area contributed by atoms with E-state index in [1.54, 1.807) is 0 Å². The molecule has 0 heterocycles. The van der Waals surface area contributed by atoms with Crippen LogP contribution in [-0.2, 0) is 4.79 Å². The number of hydrogen-bond acceptors (Lipinski definition) is 2. The van der Waals surface area contributed by atoms with E-state index in [-0.39, 0.29) is 11.9 Å². The number of benzene rings is 1. The van der Waals surface area contributed by atoms with Crippen molar-refractivity contribution in [3.8, 4) is 0 Å². The molecule has 0 saturated carbocycles. The number of amides is 1. The predicted octanol–water partition coefficient (Wildman–Crippen LogP) is 3.17. The Labute approximate surface area is 111 Å². The summed E-state index contributed by atoms with van der Waals surface area (Å²) in [4.78, 5) is 11.5. The van der Waals surface area contributed by atoms with Crippen molar-refractivity contribution in [2.24, 2.45) is 0 Å². The lowest BCUT2D eigenvalue weighted by atomic mass is 10.2. The molecule has 1 unspecified atom stereocenters. The lowest BCUT2D eigenvalue weighted by Gasteiger charge is -2.12. The first-order chi connectivity index (χ1) is 8.13. The van der Waals surface area contributed by atoms with Crippen LogP contribution in [-0.4, -0.2) is 18.5 Å². The van der Waals surface area contributed by atoms with Crippen LogP contribution in [0.4, 0.5) is 5.69 Å². The summed E-state index contributed by atoms with van der Waals surface area (Å²) in [6.45, 7) is 4.72. The van der Waals surface area contributed by atoms with E-state index in [1.165, 1.54) is 0 Å². The minimum atomic E-state index is 0.0962.